The number of ether oxygens (including phenoxy) is 1. The lowest BCUT2D eigenvalue weighted by molar-refractivity contribution is 0.104. The largest absolute Gasteiger partial charge is 0.500 e. The highest BCUT2D eigenvalue weighted by molar-refractivity contribution is 9.26. The van der Waals surface area contributed by atoms with Crippen molar-refractivity contribution in [3.63, 3.8) is 0 Å². The summed E-state index contributed by atoms with van der Waals surface area (Å²) in [5.41, 5.74) is 0. The minimum absolute atomic E-state index is 0.632. The highest BCUT2D eigenvalue weighted by Gasteiger charge is 2.37. The minimum Gasteiger partial charge on any atom is -0.397 e. The van der Waals surface area contributed by atoms with Crippen LogP contribution >= 0.6 is 41.2 Å². The molecule has 0 aliphatic carbocycles. The molecule has 0 aromatic carbocycles. The van der Waals surface area contributed by atoms with E-state index in [2.05, 4.69) is 0 Å². The Morgan fingerprint density at radius 3 is 2.04 bits per heavy atom. The molecule has 1 unspecified atom stereocenters. The molecule has 0 bridgehead atoms. The summed E-state index contributed by atoms with van der Waals surface area (Å²) in [6, 6.07) is 1.94. The Labute approximate surface area is 190 Å². The Morgan fingerprint density at radius 2 is 1.46 bits per heavy atom. The fraction of sp³-hybridized carbons (Fsp3) is 1.00. The molecule has 0 saturated heterocycles. The molecule has 0 fully saturated rings. The van der Waals surface area contributed by atoms with E-state index in [1.54, 1.807) is 21.3 Å². The average molecular weight is 511 g/mol. The van der Waals surface area contributed by atoms with Crippen molar-refractivity contribution >= 4 is 59.3 Å². The van der Waals surface area contributed by atoms with Crippen molar-refractivity contribution < 1.29 is 26.9 Å². The number of rotatable bonds is 22. The predicted octanol–water partition coefficient (Wildman–Crippen LogP) is 5.02. The van der Waals surface area contributed by atoms with Crippen LogP contribution in [0.15, 0.2) is 0 Å². The fourth-order valence-corrected chi connectivity index (χ4v) is 12.8. The Bertz CT molecular complexity index is 334. The van der Waals surface area contributed by atoms with Crippen molar-refractivity contribution in [2.24, 2.45) is 0 Å². The molecule has 0 rings (SSSR count). The van der Waals surface area contributed by atoms with Gasteiger partial charge in [0.15, 0.2) is 0 Å². The summed E-state index contributed by atoms with van der Waals surface area (Å²) >= 11 is 0. The van der Waals surface area contributed by atoms with Crippen LogP contribution in [0.3, 0.4) is 0 Å². The van der Waals surface area contributed by atoms with Crippen LogP contribution in [-0.4, -0.2) is 77.4 Å². The van der Waals surface area contributed by atoms with E-state index in [-0.39, 0.29) is 0 Å². The lowest BCUT2D eigenvalue weighted by Crippen LogP contribution is -2.43. The molecular weight excluding hydrogens is 473 g/mol. The fourth-order valence-electron chi connectivity index (χ4n) is 2.28. The van der Waals surface area contributed by atoms with Crippen LogP contribution in [0.25, 0.3) is 0 Å². The van der Waals surface area contributed by atoms with Gasteiger partial charge in [-0.15, -0.1) is 0 Å². The van der Waals surface area contributed by atoms with Crippen molar-refractivity contribution in [2.75, 3.05) is 59.3 Å². The zero-order valence-corrected chi connectivity index (χ0v) is 23.4. The van der Waals surface area contributed by atoms with E-state index in [4.69, 9.17) is 26.9 Å². The molecule has 0 aromatic rings. The van der Waals surface area contributed by atoms with E-state index in [0.29, 0.717) is 6.61 Å². The van der Waals surface area contributed by atoms with E-state index in [1.165, 1.54) is 0 Å². The molecule has 0 aliphatic rings. The molecule has 0 heterocycles. The Morgan fingerprint density at radius 1 is 0.786 bits per heavy atom. The second-order valence-electron chi connectivity index (χ2n) is 5.65. The van der Waals surface area contributed by atoms with Crippen LogP contribution in [-0.2, 0) is 26.9 Å². The second kappa shape index (κ2) is 21.8. The van der Waals surface area contributed by atoms with Crippen molar-refractivity contribution in [1.29, 1.82) is 0 Å². The first-order chi connectivity index (χ1) is 13.7. The molecular formula is C16H38O6S4Si2. The number of hydrogen-bond donors (Lipinski definition) is 0. The van der Waals surface area contributed by atoms with Gasteiger partial charge in [-0.05, 0) is 58.8 Å². The summed E-state index contributed by atoms with van der Waals surface area (Å²) in [5.74, 6) is 2.20. The summed E-state index contributed by atoms with van der Waals surface area (Å²) in [6.45, 7) is 6.89. The molecule has 0 aromatic heterocycles. The Hall–Kier alpha value is 1.59. The molecule has 0 aliphatic heterocycles. The molecule has 12 heteroatoms. The van der Waals surface area contributed by atoms with Crippen molar-refractivity contribution in [3.8, 4) is 0 Å². The quantitative estimate of drug-likeness (QED) is 0.113. The van der Waals surface area contributed by atoms with E-state index >= 15 is 0 Å². The van der Waals surface area contributed by atoms with Gasteiger partial charge >= 0.3 is 18.1 Å². The SMILES string of the molecule is CCO[SiH](CCCSSSSCCC[Si](OC)(OC)OCC)OCCCOC. The van der Waals surface area contributed by atoms with Gasteiger partial charge in [0.25, 0.3) is 0 Å². The summed E-state index contributed by atoms with van der Waals surface area (Å²) in [5, 5.41) is 0. The molecule has 0 N–H and O–H groups in total. The molecule has 0 saturated carbocycles. The van der Waals surface area contributed by atoms with Crippen LogP contribution in [0.1, 0.15) is 33.1 Å². The van der Waals surface area contributed by atoms with Crippen LogP contribution in [0.5, 0.6) is 0 Å². The first kappa shape index (κ1) is 29.6. The first-order valence-corrected chi connectivity index (χ1v) is 18.6. The van der Waals surface area contributed by atoms with Crippen LogP contribution in [0, 0.1) is 0 Å². The zero-order valence-electron chi connectivity index (χ0n) is 17.9. The van der Waals surface area contributed by atoms with Crippen LogP contribution in [0.2, 0.25) is 12.1 Å². The molecule has 28 heavy (non-hydrogen) atoms. The normalized spacial score (nSPS) is 13.2. The summed E-state index contributed by atoms with van der Waals surface area (Å²) in [7, 11) is 8.65. The molecule has 0 spiro atoms. The third kappa shape index (κ3) is 16.3. The molecule has 170 valence electrons. The van der Waals surface area contributed by atoms with E-state index < -0.39 is 18.1 Å². The highest BCUT2D eigenvalue weighted by Crippen LogP contribution is 2.43. The van der Waals surface area contributed by atoms with Gasteiger partial charge in [0.1, 0.15) is 0 Å². The smallest absolute Gasteiger partial charge is 0.397 e. The van der Waals surface area contributed by atoms with Gasteiger partial charge in [0.2, 0.25) is 0 Å². The van der Waals surface area contributed by atoms with Gasteiger partial charge in [0.05, 0.1) is 0 Å². The van der Waals surface area contributed by atoms with E-state index in [1.807, 2.05) is 55.1 Å². The van der Waals surface area contributed by atoms with Gasteiger partial charge in [-0.3, -0.25) is 0 Å². The van der Waals surface area contributed by atoms with Crippen molar-refractivity contribution in [2.45, 2.75) is 45.2 Å². The minimum atomic E-state index is -2.42. The standard InChI is InChI=1S/C16H38O6S4Si2/c1-6-20-27(21-12-8-11-17-3)15-9-13-23-25-26-24-14-10-16-28(18-4,19-5)22-7-2/h27H,6-16H2,1-5H3. The number of methoxy groups -OCH3 is 1. The maximum atomic E-state index is 5.90. The maximum Gasteiger partial charge on any atom is 0.500 e. The van der Waals surface area contributed by atoms with Crippen molar-refractivity contribution in [1.82, 2.24) is 0 Å². The molecule has 0 radical (unpaired) electrons. The second-order valence-corrected chi connectivity index (χ2v) is 17.0. The van der Waals surface area contributed by atoms with Gasteiger partial charge in [0, 0.05) is 65.3 Å². The first-order valence-electron chi connectivity index (χ1n) is 9.72. The third-order valence-corrected chi connectivity index (χ3v) is 15.4. The molecule has 6 nitrogen and oxygen atoms in total. The van der Waals surface area contributed by atoms with Gasteiger partial charge < -0.3 is 26.9 Å². The average Bonchev–Trinajstić information content (AvgIpc) is 2.71. The zero-order chi connectivity index (χ0) is 20.9. The molecule has 1 atom stereocenters. The predicted molar refractivity (Wildman–Crippen MR) is 132 cm³/mol. The third-order valence-electron chi connectivity index (χ3n) is 3.64. The van der Waals surface area contributed by atoms with Crippen LogP contribution < -0.4 is 0 Å². The summed E-state index contributed by atoms with van der Waals surface area (Å²) < 4.78 is 33.5. The van der Waals surface area contributed by atoms with Gasteiger partial charge in [-0.2, -0.15) is 0 Å². The summed E-state index contributed by atoms with van der Waals surface area (Å²) in [6.07, 6.45) is 3.13. The van der Waals surface area contributed by atoms with Gasteiger partial charge in [-0.25, -0.2) is 0 Å². The van der Waals surface area contributed by atoms with E-state index in [0.717, 1.165) is 62.7 Å². The lowest BCUT2D eigenvalue weighted by Gasteiger charge is -2.25. The van der Waals surface area contributed by atoms with E-state index in [9.17, 15) is 0 Å². The topological polar surface area (TPSA) is 55.4 Å². The monoisotopic (exact) mass is 510 g/mol. The Balaban J connectivity index is 3.61. The summed E-state index contributed by atoms with van der Waals surface area (Å²) in [4.78, 5) is 0. The van der Waals surface area contributed by atoms with Crippen molar-refractivity contribution in [3.05, 3.63) is 0 Å². The highest BCUT2D eigenvalue weighted by atomic mass is 33.7. The van der Waals surface area contributed by atoms with Gasteiger partial charge in [-0.1, -0.05) is 21.6 Å². The Kier molecular flexibility index (Phi) is 23.1. The van der Waals surface area contributed by atoms with Crippen LogP contribution in [0.4, 0.5) is 0 Å². The number of hydrogen-bond acceptors (Lipinski definition) is 10. The lowest BCUT2D eigenvalue weighted by atomic mass is 10.5. The maximum absolute atomic E-state index is 5.90. The molecule has 0 amide bonds.